The molecule has 0 aromatic heterocycles. The highest BCUT2D eigenvalue weighted by Crippen LogP contribution is 2.18. The van der Waals surface area contributed by atoms with E-state index < -0.39 is 5.97 Å². The van der Waals surface area contributed by atoms with Crippen LogP contribution in [0.2, 0.25) is 0 Å². The topological polar surface area (TPSA) is 63.3 Å². The van der Waals surface area contributed by atoms with Gasteiger partial charge in [0.05, 0.1) is 0 Å². The highest BCUT2D eigenvalue weighted by Gasteiger charge is 2.20. The fraction of sp³-hybridized carbons (Fsp3) is 0.667. The molecule has 0 heterocycles. The summed E-state index contributed by atoms with van der Waals surface area (Å²) in [5, 5.41) is 8.32. The van der Waals surface area contributed by atoms with Gasteiger partial charge in [-0.2, -0.15) is 0 Å². The zero-order valence-corrected chi connectivity index (χ0v) is 16.1. The van der Waals surface area contributed by atoms with E-state index in [9.17, 15) is 4.79 Å². The number of carbonyl (C=O) groups is 1. The lowest BCUT2D eigenvalue weighted by Gasteiger charge is -2.27. The molecule has 1 aromatic carbocycles. The Kier molecular flexibility index (Phi) is 12.3. The van der Waals surface area contributed by atoms with Gasteiger partial charge >= 0.3 is 5.97 Å². The highest BCUT2D eigenvalue weighted by atomic mass is 16.4. The fourth-order valence-electron chi connectivity index (χ4n) is 2.29. The monoisotopic (exact) mass is 335 g/mol. The molecule has 1 aromatic rings. The molecule has 0 bridgehead atoms. The largest absolute Gasteiger partial charge is 0.481 e. The van der Waals surface area contributed by atoms with E-state index in [1.54, 1.807) is 0 Å². The molecule has 3 heteroatoms. The van der Waals surface area contributed by atoms with Crippen LogP contribution >= 0.6 is 0 Å². The van der Waals surface area contributed by atoms with E-state index in [0.717, 1.165) is 19.3 Å². The van der Waals surface area contributed by atoms with Gasteiger partial charge < -0.3 is 10.8 Å². The van der Waals surface area contributed by atoms with Crippen molar-refractivity contribution in [3.8, 4) is 0 Å². The Morgan fingerprint density at radius 2 is 1.62 bits per heavy atom. The minimum atomic E-state index is -0.666. The van der Waals surface area contributed by atoms with Gasteiger partial charge in [0, 0.05) is 12.0 Å². The van der Waals surface area contributed by atoms with Crippen molar-refractivity contribution >= 4 is 5.97 Å². The third-order valence-corrected chi connectivity index (χ3v) is 4.40. The van der Waals surface area contributed by atoms with Gasteiger partial charge in [-0.3, -0.25) is 4.79 Å². The molecule has 1 unspecified atom stereocenters. The number of carboxylic acids is 1. The number of aliphatic carboxylic acids is 1. The Labute approximate surface area is 148 Å². The predicted octanol–water partition coefficient (Wildman–Crippen LogP) is 5.42. The lowest BCUT2D eigenvalue weighted by Crippen LogP contribution is -2.40. The summed E-state index contributed by atoms with van der Waals surface area (Å²) in [4.78, 5) is 10.1. The van der Waals surface area contributed by atoms with Gasteiger partial charge in [0.25, 0.3) is 0 Å². The van der Waals surface area contributed by atoms with Crippen LogP contribution in [-0.2, 0) is 11.2 Å². The maximum atomic E-state index is 10.1. The first-order valence-corrected chi connectivity index (χ1v) is 9.32. The van der Waals surface area contributed by atoms with Crippen molar-refractivity contribution in [3.05, 3.63) is 35.9 Å². The zero-order chi connectivity index (χ0) is 18.4. The average Bonchev–Trinajstić information content (AvgIpc) is 2.51. The van der Waals surface area contributed by atoms with Crippen LogP contribution < -0.4 is 5.73 Å². The minimum absolute atomic E-state index is 0.0875. The number of hydrogen-bond acceptors (Lipinski definition) is 2. The van der Waals surface area contributed by atoms with Crippen LogP contribution in [-0.4, -0.2) is 16.6 Å². The predicted molar refractivity (Wildman–Crippen MR) is 103 cm³/mol. The molecule has 0 saturated heterocycles. The van der Waals surface area contributed by atoms with Gasteiger partial charge in [0.1, 0.15) is 0 Å². The van der Waals surface area contributed by atoms with E-state index >= 15 is 0 Å². The summed E-state index contributed by atoms with van der Waals surface area (Å²) in [6.45, 7) is 8.55. The van der Waals surface area contributed by atoms with Crippen LogP contribution in [0.4, 0.5) is 0 Å². The van der Waals surface area contributed by atoms with Gasteiger partial charge in [-0.25, -0.2) is 0 Å². The molecule has 0 amide bonds. The molecular weight excluding hydrogens is 298 g/mol. The number of nitrogens with two attached hydrogens (primary N) is 1. The fourth-order valence-corrected chi connectivity index (χ4v) is 2.29. The maximum Gasteiger partial charge on any atom is 0.303 e. The molecule has 0 radical (unpaired) electrons. The molecule has 3 nitrogen and oxygen atoms in total. The van der Waals surface area contributed by atoms with Gasteiger partial charge in [0.15, 0.2) is 0 Å². The molecule has 0 aliphatic carbocycles. The quantitative estimate of drug-likeness (QED) is 0.561. The summed E-state index contributed by atoms with van der Waals surface area (Å²) in [6.07, 6.45) is 8.31. The van der Waals surface area contributed by atoms with Crippen LogP contribution in [0.3, 0.4) is 0 Å². The Hall–Kier alpha value is -1.35. The van der Waals surface area contributed by atoms with Crippen LogP contribution in [0.1, 0.15) is 78.2 Å². The lowest BCUT2D eigenvalue weighted by atomic mass is 9.85. The first-order chi connectivity index (χ1) is 11.3. The van der Waals surface area contributed by atoms with Crippen molar-refractivity contribution in [2.24, 2.45) is 11.7 Å². The minimum Gasteiger partial charge on any atom is -0.481 e. The molecule has 0 fully saturated rings. The van der Waals surface area contributed by atoms with Crippen molar-refractivity contribution < 1.29 is 9.90 Å². The molecule has 0 aliphatic rings. The van der Waals surface area contributed by atoms with Crippen LogP contribution in [0.15, 0.2) is 30.3 Å². The number of unbranched alkanes of at least 4 members (excludes halogenated alkanes) is 5. The second kappa shape index (κ2) is 13.0. The number of carboxylic acid groups (broad SMARTS) is 1. The summed E-state index contributed by atoms with van der Waals surface area (Å²) in [7, 11) is 0. The molecule has 24 heavy (non-hydrogen) atoms. The van der Waals surface area contributed by atoms with Gasteiger partial charge in [-0.1, -0.05) is 76.3 Å². The second-order valence-corrected chi connectivity index (χ2v) is 7.32. The first kappa shape index (κ1) is 22.6. The van der Waals surface area contributed by atoms with Crippen molar-refractivity contribution in [2.45, 2.75) is 84.6 Å². The summed E-state index contributed by atoms with van der Waals surface area (Å²) in [5.74, 6) is -0.157. The Morgan fingerprint density at radius 3 is 2.12 bits per heavy atom. The maximum absolute atomic E-state index is 10.1. The third-order valence-electron chi connectivity index (χ3n) is 4.40. The van der Waals surface area contributed by atoms with Crippen LogP contribution in [0, 0.1) is 5.92 Å². The first-order valence-electron chi connectivity index (χ1n) is 9.32. The van der Waals surface area contributed by atoms with Gasteiger partial charge in [-0.05, 0) is 38.2 Å². The summed E-state index contributed by atoms with van der Waals surface area (Å²) in [6, 6.07) is 10.5. The summed E-state index contributed by atoms with van der Waals surface area (Å²) in [5.41, 5.74) is 7.31. The molecule has 1 rings (SSSR count). The van der Waals surface area contributed by atoms with E-state index in [1.807, 2.05) is 6.07 Å². The normalized spacial score (nSPS) is 12.2. The number of rotatable bonds is 10. The lowest BCUT2D eigenvalue weighted by molar-refractivity contribution is -0.137. The van der Waals surface area contributed by atoms with E-state index in [1.165, 1.54) is 31.2 Å². The second-order valence-electron chi connectivity index (χ2n) is 7.32. The van der Waals surface area contributed by atoms with Crippen molar-refractivity contribution in [3.63, 3.8) is 0 Å². The average molecular weight is 336 g/mol. The third kappa shape index (κ3) is 13.1. The Bertz CT molecular complexity index is 423. The van der Waals surface area contributed by atoms with Gasteiger partial charge in [-0.15, -0.1) is 0 Å². The molecular formula is C21H37NO2. The molecule has 0 saturated carbocycles. The van der Waals surface area contributed by atoms with Crippen molar-refractivity contribution in [1.29, 1.82) is 0 Å². The van der Waals surface area contributed by atoms with Gasteiger partial charge in [0.2, 0.25) is 0 Å². The smallest absolute Gasteiger partial charge is 0.303 e. The number of hydrogen-bond donors (Lipinski definition) is 2. The zero-order valence-electron chi connectivity index (χ0n) is 16.1. The SMILES string of the molecule is CC(Cc1ccccc1)C(C)(C)N.CCCCCCCCC(=O)O. The Morgan fingerprint density at radius 1 is 1.08 bits per heavy atom. The van der Waals surface area contributed by atoms with E-state index in [4.69, 9.17) is 10.8 Å². The molecule has 0 spiro atoms. The van der Waals surface area contributed by atoms with E-state index in [2.05, 4.69) is 52.0 Å². The van der Waals surface area contributed by atoms with E-state index in [0.29, 0.717) is 12.3 Å². The van der Waals surface area contributed by atoms with Crippen molar-refractivity contribution in [1.82, 2.24) is 0 Å². The summed E-state index contributed by atoms with van der Waals surface area (Å²) < 4.78 is 0. The standard InChI is InChI=1S/C12H19N.C9H18O2/c1-10(12(2,3)13)9-11-7-5-4-6-8-11;1-2-3-4-5-6-7-8-9(10)11/h4-8,10H,9,13H2,1-3H3;2-8H2,1H3,(H,10,11). The highest BCUT2D eigenvalue weighted by molar-refractivity contribution is 5.66. The molecule has 1 atom stereocenters. The molecule has 3 N–H and O–H groups in total. The number of benzene rings is 1. The van der Waals surface area contributed by atoms with Crippen LogP contribution in [0.5, 0.6) is 0 Å². The van der Waals surface area contributed by atoms with Crippen molar-refractivity contribution in [2.75, 3.05) is 0 Å². The van der Waals surface area contributed by atoms with E-state index in [-0.39, 0.29) is 5.54 Å². The van der Waals surface area contributed by atoms with Crippen LogP contribution in [0.25, 0.3) is 0 Å². The molecule has 138 valence electrons. The molecule has 0 aliphatic heterocycles. The summed E-state index contributed by atoms with van der Waals surface area (Å²) >= 11 is 0. The Balaban J connectivity index is 0.000000449.